The maximum absolute atomic E-state index is 5.52. The van der Waals surface area contributed by atoms with E-state index < -0.39 is 0 Å². The summed E-state index contributed by atoms with van der Waals surface area (Å²) in [5, 5.41) is 10.7. The van der Waals surface area contributed by atoms with Gasteiger partial charge in [0.25, 0.3) is 0 Å². The molecule has 1 heterocycles. The topological polar surface area (TPSA) is 72.7 Å². The van der Waals surface area contributed by atoms with E-state index in [9.17, 15) is 0 Å². The Labute approximate surface area is 142 Å². The Morgan fingerprint density at radius 2 is 2.17 bits per heavy atom. The Hall–Kier alpha value is -2.70. The average molecular weight is 331 g/mol. The summed E-state index contributed by atoms with van der Waals surface area (Å²) >= 11 is 0. The van der Waals surface area contributed by atoms with Gasteiger partial charge in [-0.25, -0.2) is 0 Å². The van der Waals surface area contributed by atoms with Crippen molar-refractivity contribution in [2.75, 3.05) is 32.6 Å². The first kappa shape index (κ1) is 17.7. The standard InChI is InChI=1S/C17H25N5O2/c1-5-24-15-7-6-14(10-16(15)23-4)21-17(18-2)19-9-8-13-11-20-22(3)12-13/h6-7,10-12H,5,8-9H2,1-4H3,(H2,18,19,21). The highest BCUT2D eigenvalue weighted by Gasteiger charge is 2.07. The molecule has 0 fully saturated rings. The van der Waals surface area contributed by atoms with Gasteiger partial charge in [-0.15, -0.1) is 0 Å². The predicted molar refractivity (Wildman–Crippen MR) is 96.1 cm³/mol. The van der Waals surface area contributed by atoms with Gasteiger partial charge in [-0.1, -0.05) is 0 Å². The van der Waals surface area contributed by atoms with Crippen molar-refractivity contribution in [1.82, 2.24) is 15.1 Å². The molecule has 24 heavy (non-hydrogen) atoms. The number of anilines is 1. The Balaban J connectivity index is 1.92. The van der Waals surface area contributed by atoms with Crippen LogP contribution >= 0.6 is 0 Å². The maximum Gasteiger partial charge on any atom is 0.195 e. The van der Waals surface area contributed by atoms with Crippen LogP contribution in [0.25, 0.3) is 0 Å². The Bertz CT molecular complexity index is 681. The van der Waals surface area contributed by atoms with Crippen LogP contribution in [-0.2, 0) is 13.5 Å². The molecular weight excluding hydrogens is 306 g/mol. The largest absolute Gasteiger partial charge is 0.493 e. The molecule has 1 aromatic heterocycles. The number of rotatable bonds is 7. The number of aliphatic imine (C=N–C) groups is 1. The number of aryl methyl sites for hydroxylation is 1. The normalized spacial score (nSPS) is 11.2. The van der Waals surface area contributed by atoms with E-state index in [0.29, 0.717) is 18.3 Å². The first-order chi connectivity index (χ1) is 11.7. The molecule has 0 saturated carbocycles. The van der Waals surface area contributed by atoms with Crippen LogP contribution in [0, 0.1) is 0 Å². The molecule has 130 valence electrons. The number of nitrogens with zero attached hydrogens (tertiary/aromatic N) is 3. The van der Waals surface area contributed by atoms with Crippen molar-refractivity contribution in [1.29, 1.82) is 0 Å². The molecule has 0 amide bonds. The molecule has 0 atom stereocenters. The van der Waals surface area contributed by atoms with Crippen molar-refractivity contribution in [2.24, 2.45) is 12.0 Å². The van der Waals surface area contributed by atoms with Crippen molar-refractivity contribution in [2.45, 2.75) is 13.3 Å². The fourth-order valence-electron chi connectivity index (χ4n) is 2.26. The molecular formula is C17H25N5O2. The smallest absolute Gasteiger partial charge is 0.195 e. The predicted octanol–water partition coefficient (Wildman–Crippen LogP) is 2.06. The van der Waals surface area contributed by atoms with Crippen LogP contribution in [0.2, 0.25) is 0 Å². The van der Waals surface area contributed by atoms with Crippen molar-refractivity contribution in [3.8, 4) is 11.5 Å². The van der Waals surface area contributed by atoms with E-state index in [-0.39, 0.29) is 0 Å². The molecule has 0 saturated heterocycles. The number of aromatic nitrogens is 2. The molecule has 0 radical (unpaired) electrons. The average Bonchev–Trinajstić information content (AvgIpc) is 3.00. The highest BCUT2D eigenvalue weighted by Crippen LogP contribution is 2.30. The molecule has 0 aliphatic heterocycles. The second-order valence-corrected chi connectivity index (χ2v) is 5.19. The van der Waals surface area contributed by atoms with E-state index in [1.54, 1.807) is 18.8 Å². The summed E-state index contributed by atoms with van der Waals surface area (Å²) in [6, 6.07) is 5.70. The summed E-state index contributed by atoms with van der Waals surface area (Å²) in [5.74, 6) is 2.11. The summed E-state index contributed by atoms with van der Waals surface area (Å²) in [6.07, 6.45) is 4.76. The highest BCUT2D eigenvalue weighted by atomic mass is 16.5. The number of nitrogens with one attached hydrogen (secondary N) is 2. The zero-order valence-electron chi connectivity index (χ0n) is 14.7. The van der Waals surface area contributed by atoms with Gasteiger partial charge in [-0.05, 0) is 31.0 Å². The van der Waals surface area contributed by atoms with Crippen molar-refractivity contribution in [3.63, 3.8) is 0 Å². The van der Waals surface area contributed by atoms with Gasteiger partial charge in [0.05, 0.1) is 19.9 Å². The van der Waals surface area contributed by atoms with E-state index in [2.05, 4.69) is 20.7 Å². The van der Waals surface area contributed by atoms with Crippen molar-refractivity contribution >= 4 is 11.6 Å². The minimum atomic E-state index is 0.598. The quantitative estimate of drug-likeness (QED) is 0.600. The number of hydrogen-bond donors (Lipinski definition) is 2. The number of methoxy groups -OCH3 is 1. The van der Waals surface area contributed by atoms with E-state index >= 15 is 0 Å². The van der Waals surface area contributed by atoms with Crippen molar-refractivity contribution < 1.29 is 9.47 Å². The fraction of sp³-hybridized carbons (Fsp3) is 0.412. The number of ether oxygens (including phenoxy) is 2. The van der Waals surface area contributed by atoms with Crippen molar-refractivity contribution in [3.05, 3.63) is 36.2 Å². The maximum atomic E-state index is 5.52. The summed E-state index contributed by atoms with van der Waals surface area (Å²) < 4.78 is 12.7. The van der Waals surface area contributed by atoms with Gasteiger partial charge in [0.1, 0.15) is 0 Å². The third kappa shape index (κ3) is 4.91. The van der Waals surface area contributed by atoms with Gasteiger partial charge in [0, 0.05) is 38.6 Å². The van der Waals surface area contributed by atoms with Gasteiger partial charge in [0.2, 0.25) is 0 Å². The van der Waals surface area contributed by atoms with Gasteiger partial charge >= 0.3 is 0 Å². The van der Waals surface area contributed by atoms with E-state index in [1.165, 1.54) is 5.56 Å². The lowest BCUT2D eigenvalue weighted by atomic mass is 10.2. The SMILES string of the molecule is CCOc1ccc(NC(=NC)NCCc2cnn(C)c2)cc1OC. The first-order valence-electron chi connectivity index (χ1n) is 7.92. The zero-order valence-corrected chi connectivity index (χ0v) is 14.7. The molecule has 2 aromatic rings. The van der Waals surface area contributed by atoms with E-state index in [0.717, 1.165) is 24.4 Å². The van der Waals surface area contributed by atoms with Crippen LogP contribution in [-0.4, -0.2) is 43.0 Å². The number of guanidine groups is 1. The van der Waals surface area contributed by atoms with E-state index in [1.807, 2.05) is 44.6 Å². The molecule has 2 N–H and O–H groups in total. The molecule has 7 nitrogen and oxygen atoms in total. The second kappa shape index (κ2) is 8.81. The van der Waals surface area contributed by atoms with Gasteiger partial charge < -0.3 is 20.1 Å². The number of benzene rings is 1. The van der Waals surface area contributed by atoms with Crippen LogP contribution in [0.15, 0.2) is 35.6 Å². The third-order valence-electron chi connectivity index (χ3n) is 3.41. The van der Waals surface area contributed by atoms with Crippen LogP contribution in [0.4, 0.5) is 5.69 Å². The Morgan fingerprint density at radius 1 is 1.33 bits per heavy atom. The van der Waals surface area contributed by atoms with Crippen LogP contribution in [0.1, 0.15) is 12.5 Å². The summed E-state index contributed by atoms with van der Waals surface area (Å²) in [4.78, 5) is 4.24. The molecule has 0 spiro atoms. The van der Waals surface area contributed by atoms with Gasteiger partial charge in [-0.2, -0.15) is 5.10 Å². The zero-order chi connectivity index (χ0) is 17.4. The lowest BCUT2D eigenvalue weighted by Gasteiger charge is -2.14. The molecule has 0 aliphatic rings. The third-order valence-corrected chi connectivity index (χ3v) is 3.41. The minimum absolute atomic E-state index is 0.598. The first-order valence-corrected chi connectivity index (χ1v) is 7.92. The molecule has 0 unspecified atom stereocenters. The molecule has 7 heteroatoms. The molecule has 2 rings (SSSR count). The van der Waals surface area contributed by atoms with Gasteiger partial charge in [-0.3, -0.25) is 9.67 Å². The summed E-state index contributed by atoms with van der Waals surface area (Å²) in [6.45, 7) is 3.31. The number of hydrogen-bond acceptors (Lipinski definition) is 4. The highest BCUT2D eigenvalue weighted by molar-refractivity contribution is 5.93. The Kier molecular flexibility index (Phi) is 6.48. The van der Waals surface area contributed by atoms with E-state index in [4.69, 9.17) is 9.47 Å². The minimum Gasteiger partial charge on any atom is -0.493 e. The molecule has 0 aliphatic carbocycles. The Morgan fingerprint density at radius 3 is 2.79 bits per heavy atom. The molecule has 1 aromatic carbocycles. The van der Waals surface area contributed by atoms with Crippen LogP contribution in [0.3, 0.4) is 0 Å². The lowest BCUT2D eigenvalue weighted by molar-refractivity contribution is 0.311. The second-order valence-electron chi connectivity index (χ2n) is 5.19. The molecule has 0 bridgehead atoms. The van der Waals surface area contributed by atoms with Crippen LogP contribution < -0.4 is 20.1 Å². The summed E-state index contributed by atoms with van der Waals surface area (Å²) in [7, 11) is 5.28. The van der Waals surface area contributed by atoms with Gasteiger partial charge in [0.15, 0.2) is 17.5 Å². The summed E-state index contributed by atoms with van der Waals surface area (Å²) in [5.41, 5.74) is 2.06. The fourth-order valence-corrected chi connectivity index (χ4v) is 2.26. The lowest BCUT2D eigenvalue weighted by Crippen LogP contribution is -2.32. The van der Waals surface area contributed by atoms with Crippen LogP contribution in [0.5, 0.6) is 11.5 Å². The monoisotopic (exact) mass is 331 g/mol.